The first-order valence-electron chi connectivity index (χ1n) is 6.52. The minimum Gasteiger partial charge on any atom is -0.310 e. The predicted octanol–water partition coefficient (Wildman–Crippen LogP) is 2.84. The van der Waals surface area contributed by atoms with E-state index >= 15 is 0 Å². The Morgan fingerprint density at radius 3 is 2.58 bits per heavy atom. The number of hydrogen-bond acceptors (Lipinski definition) is 3. The van der Waals surface area contributed by atoms with Gasteiger partial charge in [0.1, 0.15) is 5.82 Å². The Kier molecular flexibility index (Phi) is 3.25. The van der Waals surface area contributed by atoms with Crippen LogP contribution < -0.4 is 5.32 Å². The Morgan fingerprint density at radius 1 is 1.21 bits per heavy atom. The second-order valence-corrected chi connectivity index (χ2v) is 5.09. The number of benzene rings is 1. The van der Waals surface area contributed by atoms with Crippen molar-refractivity contribution in [3.05, 3.63) is 47.5 Å². The molecule has 0 radical (unpaired) electrons. The van der Waals surface area contributed by atoms with Crippen LogP contribution in [0.1, 0.15) is 24.0 Å². The van der Waals surface area contributed by atoms with E-state index in [1.807, 2.05) is 13.0 Å². The Bertz CT molecular complexity index is 556. The smallest absolute Gasteiger partial charge is 0.159 e. The maximum atomic E-state index is 13.3. The fraction of sp³-hybridized carbons (Fsp3) is 0.333. The molecule has 1 aromatic carbocycles. The standard InChI is InChI=1S/C15H16FN3/c1-10-4-12(6-13(16)5-10)15-18-8-11(9-19-15)7-17-14-2-3-14/h4-6,8-9,14,17H,2-3,7H2,1H3. The molecular weight excluding hydrogens is 241 g/mol. The second-order valence-electron chi connectivity index (χ2n) is 5.09. The average molecular weight is 257 g/mol. The number of rotatable bonds is 4. The summed E-state index contributed by atoms with van der Waals surface area (Å²) in [6, 6.07) is 5.52. The lowest BCUT2D eigenvalue weighted by atomic mass is 10.1. The summed E-state index contributed by atoms with van der Waals surface area (Å²) in [6.07, 6.45) is 6.14. The molecule has 0 aliphatic heterocycles. The van der Waals surface area contributed by atoms with E-state index in [-0.39, 0.29) is 5.82 Å². The van der Waals surface area contributed by atoms with Crippen LogP contribution in [0.5, 0.6) is 0 Å². The molecule has 4 heteroatoms. The van der Waals surface area contributed by atoms with Crippen molar-refractivity contribution in [2.45, 2.75) is 32.4 Å². The zero-order chi connectivity index (χ0) is 13.2. The number of halogens is 1. The highest BCUT2D eigenvalue weighted by molar-refractivity contribution is 5.55. The minimum absolute atomic E-state index is 0.252. The van der Waals surface area contributed by atoms with Gasteiger partial charge in [-0.05, 0) is 43.5 Å². The largest absolute Gasteiger partial charge is 0.310 e. The topological polar surface area (TPSA) is 37.8 Å². The van der Waals surface area contributed by atoms with Gasteiger partial charge in [-0.3, -0.25) is 0 Å². The van der Waals surface area contributed by atoms with E-state index in [1.54, 1.807) is 12.4 Å². The average Bonchev–Trinajstić information content (AvgIpc) is 3.20. The van der Waals surface area contributed by atoms with E-state index in [1.165, 1.54) is 25.0 Å². The van der Waals surface area contributed by atoms with E-state index in [4.69, 9.17) is 0 Å². The molecule has 1 fully saturated rings. The summed E-state index contributed by atoms with van der Waals surface area (Å²) in [5.41, 5.74) is 2.65. The molecule has 1 aromatic heterocycles. The molecule has 1 saturated carbocycles. The molecule has 2 aromatic rings. The Balaban J connectivity index is 1.76. The lowest BCUT2D eigenvalue weighted by Crippen LogP contribution is -2.15. The summed E-state index contributed by atoms with van der Waals surface area (Å²) in [7, 11) is 0. The first kappa shape index (κ1) is 12.2. The summed E-state index contributed by atoms with van der Waals surface area (Å²) in [5.74, 6) is 0.316. The van der Waals surface area contributed by atoms with E-state index < -0.39 is 0 Å². The van der Waals surface area contributed by atoms with Crippen LogP contribution >= 0.6 is 0 Å². The SMILES string of the molecule is Cc1cc(F)cc(-c2ncc(CNC3CC3)cn2)c1. The quantitative estimate of drug-likeness (QED) is 0.915. The van der Waals surface area contributed by atoms with Gasteiger partial charge in [0.15, 0.2) is 5.82 Å². The molecule has 0 saturated heterocycles. The fourth-order valence-electron chi connectivity index (χ4n) is 2.01. The highest BCUT2D eigenvalue weighted by Gasteiger charge is 2.19. The van der Waals surface area contributed by atoms with Crippen molar-refractivity contribution in [3.8, 4) is 11.4 Å². The van der Waals surface area contributed by atoms with Crippen molar-refractivity contribution in [1.29, 1.82) is 0 Å². The third kappa shape index (κ3) is 3.15. The molecule has 1 N–H and O–H groups in total. The van der Waals surface area contributed by atoms with Gasteiger partial charge in [0.25, 0.3) is 0 Å². The van der Waals surface area contributed by atoms with Crippen LogP contribution in [0.2, 0.25) is 0 Å². The van der Waals surface area contributed by atoms with Gasteiger partial charge in [0.2, 0.25) is 0 Å². The number of aromatic nitrogens is 2. The van der Waals surface area contributed by atoms with Crippen molar-refractivity contribution in [3.63, 3.8) is 0 Å². The molecule has 0 amide bonds. The van der Waals surface area contributed by atoms with Gasteiger partial charge in [-0.25, -0.2) is 14.4 Å². The van der Waals surface area contributed by atoms with Crippen molar-refractivity contribution in [2.24, 2.45) is 0 Å². The van der Waals surface area contributed by atoms with Crippen LogP contribution in [0, 0.1) is 12.7 Å². The van der Waals surface area contributed by atoms with Crippen molar-refractivity contribution >= 4 is 0 Å². The summed E-state index contributed by atoms with van der Waals surface area (Å²) in [4.78, 5) is 8.62. The molecule has 3 nitrogen and oxygen atoms in total. The number of hydrogen-bond donors (Lipinski definition) is 1. The summed E-state index contributed by atoms with van der Waals surface area (Å²) in [6.45, 7) is 2.66. The molecular formula is C15H16FN3. The van der Waals surface area contributed by atoms with E-state index in [0.717, 1.165) is 23.2 Å². The molecule has 0 atom stereocenters. The Labute approximate surface area is 111 Å². The van der Waals surface area contributed by atoms with Gasteiger partial charge in [-0.1, -0.05) is 0 Å². The molecule has 19 heavy (non-hydrogen) atoms. The zero-order valence-electron chi connectivity index (χ0n) is 10.9. The lowest BCUT2D eigenvalue weighted by molar-refractivity contribution is 0.627. The Hall–Kier alpha value is -1.81. The normalized spacial score (nSPS) is 14.6. The van der Waals surface area contributed by atoms with Crippen LogP contribution in [0.3, 0.4) is 0 Å². The van der Waals surface area contributed by atoms with Gasteiger partial charge >= 0.3 is 0 Å². The molecule has 1 aliphatic rings. The second kappa shape index (κ2) is 5.05. The van der Waals surface area contributed by atoms with E-state index in [0.29, 0.717) is 11.9 Å². The first-order valence-corrected chi connectivity index (χ1v) is 6.52. The van der Waals surface area contributed by atoms with Crippen LogP contribution in [0.4, 0.5) is 4.39 Å². The van der Waals surface area contributed by atoms with Crippen LogP contribution in [-0.4, -0.2) is 16.0 Å². The molecule has 1 heterocycles. The Morgan fingerprint density at radius 2 is 1.95 bits per heavy atom. The maximum absolute atomic E-state index is 13.3. The van der Waals surface area contributed by atoms with Crippen molar-refractivity contribution in [1.82, 2.24) is 15.3 Å². The summed E-state index contributed by atoms with van der Waals surface area (Å²) >= 11 is 0. The van der Waals surface area contributed by atoms with Gasteiger partial charge in [-0.2, -0.15) is 0 Å². The van der Waals surface area contributed by atoms with E-state index in [9.17, 15) is 4.39 Å². The molecule has 0 spiro atoms. The van der Waals surface area contributed by atoms with Gasteiger partial charge in [0, 0.05) is 36.1 Å². The molecule has 0 unspecified atom stereocenters. The summed E-state index contributed by atoms with van der Waals surface area (Å²) < 4.78 is 13.3. The lowest BCUT2D eigenvalue weighted by Gasteiger charge is -2.05. The van der Waals surface area contributed by atoms with Crippen molar-refractivity contribution < 1.29 is 4.39 Å². The molecule has 3 rings (SSSR count). The van der Waals surface area contributed by atoms with Crippen LogP contribution in [0.25, 0.3) is 11.4 Å². The molecule has 0 bridgehead atoms. The molecule has 1 aliphatic carbocycles. The predicted molar refractivity (Wildman–Crippen MR) is 72.0 cm³/mol. The monoisotopic (exact) mass is 257 g/mol. The highest BCUT2D eigenvalue weighted by atomic mass is 19.1. The first-order chi connectivity index (χ1) is 9.20. The van der Waals surface area contributed by atoms with Gasteiger partial charge in [-0.15, -0.1) is 0 Å². The van der Waals surface area contributed by atoms with Gasteiger partial charge in [0.05, 0.1) is 0 Å². The molecule has 98 valence electrons. The zero-order valence-corrected chi connectivity index (χ0v) is 10.9. The highest BCUT2D eigenvalue weighted by Crippen LogP contribution is 2.20. The summed E-state index contributed by atoms with van der Waals surface area (Å²) in [5, 5.41) is 3.41. The van der Waals surface area contributed by atoms with Gasteiger partial charge < -0.3 is 5.32 Å². The third-order valence-electron chi connectivity index (χ3n) is 3.18. The minimum atomic E-state index is -0.252. The number of aryl methyl sites for hydroxylation is 1. The van der Waals surface area contributed by atoms with E-state index in [2.05, 4.69) is 15.3 Å². The number of nitrogens with one attached hydrogen (secondary N) is 1. The van der Waals surface area contributed by atoms with Crippen LogP contribution in [-0.2, 0) is 6.54 Å². The third-order valence-corrected chi connectivity index (χ3v) is 3.18. The number of nitrogens with zero attached hydrogens (tertiary/aromatic N) is 2. The van der Waals surface area contributed by atoms with Crippen molar-refractivity contribution in [2.75, 3.05) is 0 Å². The van der Waals surface area contributed by atoms with Crippen LogP contribution in [0.15, 0.2) is 30.6 Å². The fourth-order valence-corrected chi connectivity index (χ4v) is 2.01. The maximum Gasteiger partial charge on any atom is 0.159 e.